The largest absolute Gasteiger partial charge is 0.494 e. The van der Waals surface area contributed by atoms with Crippen LogP contribution in [-0.2, 0) is 4.79 Å². The van der Waals surface area contributed by atoms with Crippen LogP contribution in [-0.4, -0.2) is 57.1 Å². The average molecular weight is 399 g/mol. The van der Waals surface area contributed by atoms with Crippen LogP contribution in [0.25, 0.3) is 0 Å². The second-order valence-electron chi connectivity index (χ2n) is 7.16. The number of rotatable bonds is 8. The molecule has 0 aliphatic carbocycles. The van der Waals surface area contributed by atoms with E-state index in [0.717, 1.165) is 12.8 Å². The minimum absolute atomic E-state index is 0.0108. The Morgan fingerprint density at radius 3 is 2.62 bits per heavy atom. The highest BCUT2D eigenvalue weighted by Gasteiger charge is 2.24. The van der Waals surface area contributed by atoms with E-state index < -0.39 is 5.97 Å². The lowest BCUT2D eigenvalue weighted by atomic mass is 10.0. The van der Waals surface area contributed by atoms with Crippen LogP contribution in [0.5, 0.6) is 5.75 Å². The summed E-state index contributed by atoms with van der Waals surface area (Å²) in [5.74, 6) is -0.274. The molecule has 0 radical (unpaired) electrons. The number of aromatic nitrogens is 2. The SMILES string of the molecule is CC(=O)c1cccc(OCCCC(=O)N2CCC(n3cc(C(=O)O)cn3)CC2)c1. The number of carboxylic acids is 1. The third-order valence-corrected chi connectivity index (χ3v) is 5.08. The van der Waals surface area contributed by atoms with Gasteiger partial charge in [-0.2, -0.15) is 5.10 Å². The van der Waals surface area contributed by atoms with Crippen molar-refractivity contribution in [3.8, 4) is 5.75 Å². The Kier molecular flexibility index (Phi) is 6.64. The van der Waals surface area contributed by atoms with Crippen molar-refractivity contribution >= 4 is 17.7 Å². The van der Waals surface area contributed by atoms with Crippen LogP contribution >= 0.6 is 0 Å². The monoisotopic (exact) mass is 399 g/mol. The predicted octanol–water partition coefficient (Wildman–Crippen LogP) is 2.81. The number of Topliss-reactive ketones (excluding diaryl/α,β-unsaturated/α-hetero) is 1. The average Bonchev–Trinajstić information content (AvgIpc) is 3.22. The summed E-state index contributed by atoms with van der Waals surface area (Å²) in [5.41, 5.74) is 0.784. The summed E-state index contributed by atoms with van der Waals surface area (Å²) in [6.45, 7) is 3.19. The minimum Gasteiger partial charge on any atom is -0.494 e. The van der Waals surface area contributed by atoms with Crippen LogP contribution in [0.15, 0.2) is 36.7 Å². The van der Waals surface area contributed by atoms with Gasteiger partial charge in [-0.05, 0) is 38.3 Å². The molecule has 0 bridgehead atoms. The number of nitrogens with zero attached hydrogens (tertiary/aromatic N) is 3. The maximum atomic E-state index is 12.4. The Bertz CT molecular complexity index is 884. The zero-order valence-corrected chi connectivity index (χ0v) is 16.4. The van der Waals surface area contributed by atoms with E-state index in [0.29, 0.717) is 43.9 Å². The first-order chi connectivity index (χ1) is 13.9. The molecule has 1 aromatic carbocycles. The normalized spacial score (nSPS) is 14.6. The van der Waals surface area contributed by atoms with E-state index in [1.165, 1.54) is 13.1 Å². The molecular weight excluding hydrogens is 374 g/mol. The summed E-state index contributed by atoms with van der Waals surface area (Å²) >= 11 is 0. The molecule has 0 atom stereocenters. The molecule has 3 rings (SSSR count). The molecule has 1 aliphatic heterocycles. The number of carbonyl (C=O) groups excluding carboxylic acids is 2. The topological polar surface area (TPSA) is 102 Å². The highest BCUT2D eigenvalue weighted by Crippen LogP contribution is 2.23. The standard InChI is InChI=1S/C21H25N3O5/c1-15(25)16-4-2-5-19(12-16)29-11-3-6-20(26)23-9-7-18(8-10-23)24-14-17(13-22-24)21(27)28/h2,4-5,12-14,18H,3,6-11H2,1H3,(H,27,28). The first kappa shape index (κ1) is 20.6. The molecule has 1 saturated heterocycles. The molecule has 154 valence electrons. The summed E-state index contributed by atoms with van der Waals surface area (Å²) < 4.78 is 7.34. The molecule has 8 heteroatoms. The van der Waals surface area contributed by atoms with Crippen molar-refractivity contribution < 1.29 is 24.2 Å². The lowest BCUT2D eigenvalue weighted by molar-refractivity contribution is -0.132. The predicted molar refractivity (Wildman–Crippen MR) is 105 cm³/mol. The fourth-order valence-corrected chi connectivity index (χ4v) is 3.40. The molecule has 0 spiro atoms. The Morgan fingerprint density at radius 2 is 1.97 bits per heavy atom. The first-order valence-corrected chi connectivity index (χ1v) is 9.73. The molecule has 2 aromatic rings. The maximum Gasteiger partial charge on any atom is 0.338 e. The van der Waals surface area contributed by atoms with Gasteiger partial charge in [0.1, 0.15) is 5.75 Å². The molecule has 0 unspecified atom stereocenters. The lowest BCUT2D eigenvalue weighted by Crippen LogP contribution is -2.39. The van der Waals surface area contributed by atoms with Gasteiger partial charge < -0.3 is 14.7 Å². The molecule has 0 saturated carbocycles. The van der Waals surface area contributed by atoms with E-state index in [2.05, 4.69) is 5.10 Å². The zero-order valence-electron chi connectivity index (χ0n) is 16.4. The van der Waals surface area contributed by atoms with E-state index in [4.69, 9.17) is 9.84 Å². The number of hydrogen-bond acceptors (Lipinski definition) is 5. The fraction of sp³-hybridized carbons (Fsp3) is 0.429. The molecule has 8 nitrogen and oxygen atoms in total. The van der Waals surface area contributed by atoms with Crippen molar-refractivity contribution in [2.75, 3.05) is 19.7 Å². The van der Waals surface area contributed by atoms with Crippen molar-refractivity contribution in [2.45, 2.75) is 38.6 Å². The van der Waals surface area contributed by atoms with Crippen LogP contribution in [0.2, 0.25) is 0 Å². The number of amides is 1. The van der Waals surface area contributed by atoms with Gasteiger partial charge in [-0.3, -0.25) is 14.3 Å². The summed E-state index contributed by atoms with van der Waals surface area (Å²) in [6, 6.07) is 7.14. The van der Waals surface area contributed by atoms with E-state index in [-0.39, 0.29) is 23.3 Å². The molecule has 1 aliphatic rings. The highest BCUT2D eigenvalue weighted by molar-refractivity contribution is 5.94. The van der Waals surface area contributed by atoms with Crippen LogP contribution in [0.1, 0.15) is 59.4 Å². The molecule has 1 aromatic heterocycles. The fourth-order valence-electron chi connectivity index (χ4n) is 3.40. The molecule has 1 fully saturated rings. The Balaban J connectivity index is 1.39. The summed E-state index contributed by atoms with van der Waals surface area (Å²) in [4.78, 5) is 36.6. The maximum absolute atomic E-state index is 12.4. The minimum atomic E-state index is -0.987. The Labute approximate surface area is 169 Å². The highest BCUT2D eigenvalue weighted by atomic mass is 16.5. The number of ketones is 1. The third-order valence-electron chi connectivity index (χ3n) is 5.08. The van der Waals surface area contributed by atoms with Crippen LogP contribution in [0, 0.1) is 0 Å². The van der Waals surface area contributed by atoms with Gasteiger partial charge >= 0.3 is 5.97 Å². The summed E-state index contributed by atoms with van der Waals surface area (Å²) in [7, 11) is 0. The van der Waals surface area contributed by atoms with Crippen LogP contribution < -0.4 is 4.74 Å². The van der Waals surface area contributed by atoms with Crippen LogP contribution in [0.4, 0.5) is 0 Å². The summed E-state index contributed by atoms with van der Waals surface area (Å²) in [5, 5.41) is 13.1. The van der Waals surface area contributed by atoms with Gasteiger partial charge in [0, 0.05) is 31.3 Å². The summed E-state index contributed by atoms with van der Waals surface area (Å²) in [6.07, 6.45) is 5.41. The van der Waals surface area contributed by atoms with E-state index >= 15 is 0 Å². The molecule has 1 amide bonds. The molecular formula is C21H25N3O5. The van der Waals surface area contributed by atoms with Gasteiger partial charge in [0.2, 0.25) is 5.91 Å². The van der Waals surface area contributed by atoms with Crippen molar-refractivity contribution in [1.82, 2.24) is 14.7 Å². The van der Waals surface area contributed by atoms with Gasteiger partial charge in [-0.15, -0.1) is 0 Å². The first-order valence-electron chi connectivity index (χ1n) is 9.73. The van der Waals surface area contributed by atoms with Crippen molar-refractivity contribution in [2.24, 2.45) is 0 Å². The third kappa shape index (κ3) is 5.43. The van der Waals surface area contributed by atoms with E-state index in [1.54, 1.807) is 35.1 Å². The van der Waals surface area contributed by atoms with E-state index in [1.807, 2.05) is 4.90 Å². The van der Waals surface area contributed by atoms with Crippen molar-refractivity contribution in [3.05, 3.63) is 47.8 Å². The second-order valence-corrected chi connectivity index (χ2v) is 7.16. The van der Waals surface area contributed by atoms with Gasteiger partial charge in [-0.1, -0.05) is 12.1 Å². The number of carboxylic acid groups (broad SMARTS) is 1. The molecule has 29 heavy (non-hydrogen) atoms. The number of aromatic carboxylic acids is 1. The van der Waals surface area contributed by atoms with E-state index in [9.17, 15) is 14.4 Å². The molecule has 1 N–H and O–H groups in total. The zero-order chi connectivity index (χ0) is 20.8. The number of benzene rings is 1. The Morgan fingerprint density at radius 1 is 1.21 bits per heavy atom. The number of piperidine rings is 1. The molecule has 2 heterocycles. The van der Waals surface area contributed by atoms with Gasteiger partial charge in [0.25, 0.3) is 0 Å². The van der Waals surface area contributed by atoms with Crippen molar-refractivity contribution in [3.63, 3.8) is 0 Å². The van der Waals surface area contributed by atoms with Crippen molar-refractivity contribution in [1.29, 1.82) is 0 Å². The van der Waals surface area contributed by atoms with Gasteiger partial charge in [0.15, 0.2) is 5.78 Å². The number of likely N-dealkylation sites (tertiary alicyclic amines) is 1. The Hall–Kier alpha value is -3.16. The van der Waals surface area contributed by atoms with Gasteiger partial charge in [-0.25, -0.2) is 4.79 Å². The lowest BCUT2D eigenvalue weighted by Gasteiger charge is -2.32. The smallest absolute Gasteiger partial charge is 0.338 e. The quantitative estimate of drug-likeness (QED) is 0.541. The number of ether oxygens (including phenoxy) is 1. The number of hydrogen-bond donors (Lipinski definition) is 1. The van der Waals surface area contributed by atoms with Crippen LogP contribution in [0.3, 0.4) is 0 Å². The van der Waals surface area contributed by atoms with Gasteiger partial charge in [0.05, 0.1) is 24.4 Å². The second kappa shape index (κ2) is 9.36. The number of carbonyl (C=O) groups is 3.